The number of carbonyl (C=O) groups excluding carboxylic acids is 3. The Morgan fingerprint density at radius 2 is 1.44 bits per heavy atom. The molecule has 2 heterocycles. The third kappa shape index (κ3) is 7.03. The zero-order valence-electron chi connectivity index (χ0n) is 21.6. The third-order valence-electron chi connectivity index (χ3n) is 7.46. The van der Waals surface area contributed by atoms with Gasteiger partial charge in [-0.1, -0.05) is 56.3 Å². The minimum Gasteiger partial charge on any atom is -0.342 e. The van der Waals surface area contributed by atoms with Gasteiger partial charge in [-0.25, -0.2) is 0 Å². The second-order valence-corrected chi connectivity index (χ2v) is 10.7. The maximum absolute atomic E-state index is 13.0. The highest BCUT2D eigenvalue weighted by Gasteiger charge is 2.30. The minimum absolute atomic E-state index is 0.0335. The predicted molar refractivity (Wildman–Crippen MR) is 143 cm³/mol. The van der Waals surface area contributed by atoms with Crippen LogP contribution in [-0.4, -0.2) is 60.1 Å². The van der Waals surface area contributed by atoms with Gasteiger partial charge >= 0.3 is 0 Å². The summed E-state index contributed by atoms with van der Waals surface area (Å²) >= 11 is 0. The van der Waals surface area contributed by atoms with Crippen molar-refractivity contribution >= 4 is 23.3 Å². The number of para-hydroxylation sites is 1. The molecular weight excluding hydrogens is 450 g/mol. The highest BCUT2D eigenvalue weighted by molar-refractivity contribution is 5.98. The van der Waals surface area contributed by atoms with Crippen LogP contribution in [0.15, 0.2) is 54.6 Å². The summed E-state index contributed by atoms with van der Waals surface area (Å²) in [5.74, 6) is 0.968. The van der Waals surface area contributed by atoms with Crippen molar-refractivity contribution < 1.29 is 14.4 Å². The summed E-state index contributed by atoms with van der Waals surface area (Å²) in [6.07, 6.45) is 4.00. The van der Waals surface area contributed by atoms with Gasteiger partial charge in [0.2, 0.25) is 11.8 Å². The Morgan fingerprint density at radius 3 is 2.06 bits per heavy atom. The molecular formula is C30H39N3O3. The lowest BCUT2D eigenvalue weighted by Gasteiger charge is -2.35. The molecule has 0 aromatic heterocycles. The molecule has 0 aliphatic carbocycles. The fourth-order valence-electron chi connectivity index (χ4n) is 5.31. The minimum atomic E-state index is -0.0598. The Labute approximate surface area is 215 Å². The molecule has 36 heavy (non-hydrogen) atoms. The van der Waals surface area contributed by atoms with E-state index in [9.17, 15) is 14.4 Å². The molecule has 2 aliphatic heterocycles. The number of anilines is 1. The Bertz CT molecular complexity index is 1020. The van der Waals surface area contributed by atoms with Crippen molar-refractivity contribution in [2.45, 2.75) is 46.0 Å². The number of piperidine rings is 2. The number of hydrogen-bond acceptors (Lipinski definition) is 4. The van der Waals surface area contributed by atoms with Crippen LogP contribution in [0.25, 0.3) is 0 Å². The number of likely N-dealkylation sites (tertiary alicyclic amines) is 2. The van der Waals surface area contributed by atoms with E-state index in [1.807, 2.05) is 47.4 Å². The molecule has 1 N–H and O–H groups in total. The summed E-state index contributed by atoms with van der Waals surface area (Å²) < 4.78 is 0. The lowest BCUT2D eigenvalue weighted by molar-refractivity contribution is -0.135. The van der Waals surface area contributed by atoms with E-state index in [4.69, 9.17) is 0 Å². The summed E-state index contributed by atoms with van der Waals surface area (Å²) in [4.78, 5) is 42.5. The van der Waals surface area contributed by atoms with Crippen LogP contribution in [0, 0.1) is 17.8 Å². The normalized spacial score (nSPS) is 17.8. The number of nitrogens with one attached hydrogen (secondary N) is 1. The first-order valence-electron chi connectivity index (χ1n) is 13.4. The standard InChI is InChI=1S/C30H39N3O3/c1-22(2)20-23-8-10-24(11-9-23)29(35)25-12-16-32(17-13-25)21-28(34)33-18-14-26(15-19-33)30(36)31-27-6-4-3-5-7-27/h3-11,22,25-26H,12-21H2,1-2H3,(H,31,36). The van der Waals surface area contributed by atoms with E-state index in [-0.39, 0.29) is 29.4 Å². The van der Waals surface area contributed by atoms with Crippen LogP contribution >= 0.6 is 0 Å². The van der Waals surface area contributed by atoms with E-state index >= 15 is 0 Å². The lowest BCUT2D eigenvalue weighted by atomic mass is 9.88. The van der Waals surface area contributed by atoms with Gasteiger partial charge in [-0.2, -0.15) is 0 Å². The Balaban J connectivity index is 1.18. The number of Topliss-reactive ketones (excluding diaryl/α,β-unsaturated/α-hetero) is 1. The van der Waals surface area contributed by atoms with Gasteiger partial charge in [-0.05, 0) is 68.8 Å². The van der Waals surface area contributed by atoms with Gasteiger partial charge in [0.15, 0.2) is 5.78 Å². The van der Waals surface area contributed by atoms with Crippen molar-refractivity contribution in [1.29, 1.82) is 0 Å². The maximum Gasteiger partial charge on any atom is 0.236 e. The SMILES string of the molecule is CC(C)Cc1ccc(C(=O)C2CCN(CC(=O)N3CCC(C(=O)Nc4ccccc4)CC3)CC2)cc1. The summed E-state index contributed by atoms with van der Waals surface area (Å²) in [5.41, 5.74) is 2.89. The number of nitrogens with zero attached hydrogens (tertiary/aromatic N) is 2. The van der Waals surface area contributed by atoms with Crippen LogP contribution in [-0.2, 0) is 16.0 Å². The Morgan fingerprint density at radius 1 is 0.833 bits per heavy atom. The van der Waals surface area contributed by atoms with Gasteiger partial charge in [0, 0.05) is 36.2 Å². The van der Waals surface area contributed by atoms with Crippen LogP contribution < -0.4 is 5.32 Å². The summed E-state index contributed by atoms with van der Waals surface area (Å²) in [7, 11) is 0. The average Bonchev–Trinajstić information content (AvgIpc) is 2.89. The zero-order chi connectivity index (χ0) is 25.5. The molecule has 4 rings (SSSR count). The van der Waals surface area contributed by atoms with Crippen molar-refractivity contribution in [2.24, 2.45) is 17.8 Å². The molecule has 0 unspecified atom stereocenters. The Hall–Kier alpha value is -2.99. The van der Waals surface area contributed by atoms with Gasteiger partial charge in [-0.15, -0.1) is 0 Å². The first-order chi connectivity index (χ1) is 17.4. The molecule has 2 aromatic carbocycles. The lowest BCUT2D eigenvalue weighted by Crippen LogP contribution is -2.47. The van der Waals surface area contributed by atoms with Crippen molar-refractivity contribution in [3.05, 3.63) is 65.7 Å². The molecule has 6 nitrogen and oxygen atoms in total. The van der Waals surface area contributed by atoms with Crippen LogP contribution in [0.3, 0.4) is 0 Å². The second-order valence-electron chi connectivity index (χ2n) is 10.7. The molecule has 2 amide bonds. The first kappa shape index (κ1) is 26.1. The second kappa shape index (κ2) is 12.3. The Kier molecular flexibility index (Phi) is 8.92. The van der Waals surface area contributed by atoms with E-state index < -0.39 is 0 Å². The fraction of sp³-hybridized carbons (Fsp3) is 0.500. The van der Waals surface area contributed by atoms with Crippen LogP contribution in [0.5, 0.6) is 0 Å². The van der Waals surface area contributed by atoms with Gasteiger partial charge in [0.1, 0.15) is 0 Å². The monoisotopic (exact) mass is 489 g/mol. The molecule has 0 atom stereocenters. The number of ketones is 1. The number of carbonyl (C=O) groups is 3. The third-order valence-corrected chi connectivity index (χ3v) is 7.46. The summed E-state index contributed by atoms with van der Waals surface area (Å²) in [5, 5.41) is 2.98. The van der Waals surface area contributed by atoms with Gasteiger partial charge < -0.3 is 10.2 Å². The summed E-state index contributed by atoms with van der Waals surface area (Å²) in [6, 6.07) is 17.6. The van der Waals surface area contributed by atoms with Gasteiger partial charge in [0.25, 0.3) is 0 Å². The van der Waals surface area contributed by atoms with Crippen molar-refractivity contribution in [3.63, 3.8) is 0 Å². The number of hydrogen-bond donors (Lipinski definition) is 1. The predicted octanol–water partition coefficient (Wildman–Crippen LogP) is 4.66. The quantitative estimate of drug-likeness (QED) is 0.548. The molecule has 2 aromatic rings. The van der Waals surface area contributed by atoms with E-state index in [1.54, 1.807) is 0 Å². The van der Waals surface area contributed by atoms with Gasteiger partial charge in [-0.3, -0.25) is 19.3 Å². The average molecular weight is 490 g/mol. The molecule has 0 bridgehead atoms. The largest absolute Gasteiger partial charge is 0.342 e. The number of benzene rings is 2. The molecule has 6 heteroatoms. The number of rotatable bonds is 8. The molecule has 0 saturated carbocycles. The molecule has 0 spiro atoms. The molecule has 0 radical (unpaired) electrons. The molecule has 192 valence electrons. The van der Waals surface area contributed by atoms with Crippen molar-refractivity contribution in [2.75, 3.05) is 38.0 Å². The van der Waals surface area contributed by atoms with E-state index in [0.717, 1.165) is 43.6 Å². The van der Waals surface area contributed by atoms with E-state index in [0.29, 0.717) is 38.4 Å². The smallest absolute Gasteiger partial charge is 0.236 e. The molecule has 2 saturated heterocycles. The highest BCUT2D eigenvalue weighted by atomic mass is 16.2. The molecule has 2 fully saturated rings. The maximum atomic E-state index is 13.0. The van der Waals surface area contributed by atoms with E-state index in [1.165, 1.54) is 5.56 Å². The highest BCUT2D eigenvalue weighted by Crippen LogP contribution is 2.24. The van der Waals surface area contributed by atoms with Crippen LogP contribution in [0.1, 0.15) is 55.5 Å². The van der Waals surface area contributed by atoms with Crippen molar-refractivity contribution in [3.8, 4) is 0 Å². The zero-order valence-corrected chi connectivity index (χ0v) is 21.6. The van der Waals surface area contributed by atoms with Gasteiger partial charge in [0.05, 0.1) is 6.54 Å². The van der Waals surface area contributed by atoms with Crippen molar-refractivity contribution in [1.82, 2.24) is 9.80 Å². The van der Waals surface area contributed by atoms with Crippen LogP contribution in [0.2, 0.25) is 0 Å². The first-order valence-corrected chi connectivity index (χ1v) is 13.4. The van der Waals surface area contributed by atoms with Crippen LogP contribution in [0.4, 0.5) is 5.69 Å². The fourth-order valence-corrected chi connectivity index (χ4v) is 5.31. The molecule has 2 aliphatic rings. The van der Waals surface area contributed by atoms with E-state index in [2.05, 4.69) is 36.2 Å². The summed E-state index contributed by atoms with van der Waals surface area (Å²) in [6.45, 7) is 7.57. The topological polar surface area (TPSA) is 69.7 Å². The number of amides is 2.